The van der Waals surface area contributed by atoms with Crippen LogP contribution in [0.4, 0.5) is 0 Å². The van der Waals surface area contributed by atoms with Crippen molar-refractivity contribution >= 4 is 0 Å². The molecule has 0 aromatic carbocycles. The van der Waals surface area contributed by atoms with E-state index in [1.807, 2.05) is 0 Å². The molecule has 2 atom stereocenters. The van der Waals surface area contributed by atoms with E-state index in [0.717, 1.165) is 24.5 Å². The lowest BCUT2D eigenvalue weighted by Crippen LogP contribution is -2.37. The van der Waals surface area contributed by atoms with E-state index in [4.69, 9.17) is 0 Å². The second-order valence-corrected chi connectivity index (χ2v) is 5.69. The fourth-order valence-electron chi connectivity index (χ4n) is 2.89. The Hall–Kier alpha value is -0.120. The van der Waals surface area contributed by atoms with Gasteiger partial charge in [0.1, 0.15) is 0 Å². The summed E-state index contributed by atoms with van der Waals surface area (Å²) < 4.78 is 0. The quantitative estimate of drug-likeness (QED) is 0.732. The summed E-state index contributed by atoms with van der Waals surface area (Å²) >= 11 is 0. The fourth-order valence-corrected chi connectivity index (χ4v) is 2.89. The van der Waals surface area contributed by atoms with Crippen molar-refractivity contribution in [2.24, 2.45) is 5.92 Å². The lowest BCUT2D eigenvalue weighted by atomic mass is 10.1. The standard InChI is InChI=1S/C13H27N3/c1-11(2)16-7-5-12(10-16)8-14-9-13-4-3-6-15-13/h11-15H,3-10H2,1-2H3. The molecule has 3 heteroatoms. The highest BCUT2D eigenvalue weighted by Gasteiger charge is 2.24. The maximum Gasteiger partial charge on any atom is 0.0192 e. The van der Waals surface area contributed by atoms with Gasteiger partial charge in [0, 0.05) is 25.2 Å². The third-order valence-corrected chi connectivity index (χ3v) is 4.03. The van der Waals surface area contributed by atoms with E-state index in [1.165, 1.54) is 45.4 Å². The topological polar surface area (TPSA) is 27.3 Å². The normalized spacial score (nSPS) is 31.7. The maximum atomic E-state index is 3.64. The molecule has 0 aromatic rings. The Morgan fingerprint density at radius 2 is 2.19 bits per heavy atom. The minimum Gasteiger partial charge on any atom is -0.315 e. The highest BCUT2D eigenvalue weighted by atomic mass is 15.2. The van der Waals surface area contributed by atoms with E-state index in [9.17, 15) is 0 Å². The SMILES string of the molecule is CC(C)N1CCC(CNCC2CCCN2)C1. The van der Waals surface area contributed by atoms with Crippen molar-refractivity contribution in [1.82, 2.24) is 15.5 Å². The second-order valence-electron chi connectivity index (χ2n) is 5.69. The lowest BCUT2D eigenvalue weighted by Gasteiger charge is -2.20. The molecule has 3 nitrogen and oxygen atoms in total. The van der Waals surface area contributed by atoms with Crippen molar-refractivity contribution in [3.63, 3.8) is 0 Å². The molecule has 2 aliphatic heterocycles. The van der Waals surface area contributed by atoms with Crippen LogP contribution in [-0.2, 0) is 0 Å². The van der Waals surface area contributed by atoms with Gasteiger partial charge >= 0.3 is 0 Å². The van der Waals surface area contributed by atoms with Crippen LogP contribution in [0.5, 0.6) is 0 Å². The third kappa shape index (κ3) is 3.44. The molecule has 2 heterocycles. The average molecular weight is 225 g/mol. The molecule has 16 heavy (non-hydrogen) atoms. The molecule has 2 N–H and O–H groups in total. The number of hydrogen-bond donors (Lipinski definition) is 2. The molecule has 0 bridgehead atoms. The number of rotatable bonds is 5. The van der Waals surface area contributed by atoms with Gasteiger partial charge in [-0.1, -0.05) is 0 Å². The van der Waals surface area contributed by atoms with Crippen LogP contribution in [0.25, 0.3) is 0 Å². The van der Waals surface area contributed by atoms with Crippen LogP contribution >= 0.6 is 0 Å². The molecule has 2 saturated heterocycles. The molecule has 0 saturated carbocycles. The number of hydrogen-bond acceptors (Lipinski definition) is 3. The lowest BCUT2D eigenvalue weighted by molar-refractivity contribution is 0.263. The highest BCUT2D eigenvalue weighted by Crippen LogP contribution is 2.17. The van der Waals surface area contributed by atoms with Gasteiger partial charge in [0.25, 0.3) is 0 Å². The predicted molar refractivity (Wildman–Crippen MR) is 68.7 cm³/mol. The van der Waals surface area contributed by atoms with Crippen molar-refractivity contribution in [2.75, 3.05) is 32.7 Å². The first kappa shape index (κ1) is 12.3. The van der Waals surface area contributed by atoms with Crippen LogP contribution in [0.2, 0.25) is 0 Å². The Bertz CT molecular complexity index is 199. The highest BCUT2D eigenvalue weighted by molar-refractivity contribution is 4.81. The summed E-state index contributed by atoms with van der Waals surface area (Å²) in [6, 6.07) is 1.46. The van der Waals surface area contributed by atoms with Crippen LogP contribution < -0.4 is 10.6 Å². The van der Waals surface area contributed by atoms with Crippen molar-refractivity contribution in [3.05, 3.63) is 0 Å². The zero-order valence-electron chi connectivity index (χ0n) is 10.8. The van der Waals surface area contributed by atoms with E-state index in [1.54, 1.807) is 0 Å². The van der Waals surface area contributed by atoms with Crippen molar-refractivity contribution in [2.45, 2.75) is 45.2 Å². The van der Waals surface area contributed by atoms with Gasteiger partial charge in [0.15, 0.2) is 0 Å². The third-order valence-electron chi connectivity index (χ3n) is 4.03. The zero-order chi connectivity index (χ0) is 11.4. The average Bonchev–Trinajstić information content (AvgIpc) is 2.87. The molecule has 94 valence electrons. The second kappa shape index (κ2) is 5.99. The van der Waals surface area contributed by atoms with E-state index < -0.39 is 0 Å². The molecule has 2 unspecified atom stereocenters. The first-order chi connectivity index (χ1) is 7.75. The number of nitrogens with one attached hydrogen (secondary N) is 2. The Labute approximate surface area is 100.0 Å². The van der Waals surface area contributed by atoms with Crippen LogP contribution in [0.3, 0.4) is 0 Å². The van der Waals surface area contributed by atoms with Crippen molar-refractivity contribution < 1.29 is 0 Å². The minimum atomic E-state index is 0.724. The monoisotopic (exact) mass is 225 g/mol. The van der Waals surface area contributed by atoms with Crippen molar-refractivity contribution in [3.8, 4) is 0 Å². The van der Waals surface area contributed by atoms with Gasteiger partial charge in [-0.3, -0.25) is 0 Å². The van der Waals surface area contributed by atoms with Gasteiger partial charge in [-0.15, -0.1) is 0 Å². The first-order valence-electron chi connectivity index (χ1n) is 6.94. The van der Waals surface area contributed by atoms with E-state index in [-0.39, 0.29) is 0 Å². The largest absolute Gasteiger partial charge is 0.315 e. The van der Waals surface area contributed by atoms with Crippen LogP contribution in [0.1, 0.15) is 33.1 Å². The van der Waals surface area contributed by atoms with Gasteiger partial charge < -0.3 is 15.5 Å². The van der Waals surface area contributed by atoms with Crippen molar-refractivity contribution in [1.29, 1.82) is 0 Å². The van der Waals surface area contributed by atoms with Gasteiger partial charge in [-0.05, 0) is 58.7 Å². The Balaban J connectivity index is 1.57. The first-order valence-corrected chi connectivity index (χ1v) is 6.94. The van der Waals surface area contributed by atoms with E-state index >= 15 is 0 Å². The Morgan fingerprint density at radius 3 is 2.81 bits per heavy atom. The Morgan fingerprint density at radius 1 is 1.31 bits per heavy atom. The summed E-state index contributed by atoms with van der Waals surface area (Å²) in [5, 5.41) is 7.18. The maximum absolute atomic E-state index is 3.64. The minimum absolute atomic E-state index is 0.724. The summed E-state index contributed by atoms with van der Waals surface area (Å²) in [7, 11) is 0. The molecule has 0 aliphatic carbocycles. The van der Waals surface area contributed by atoms with E-state index in [2.05, 4.69) is 29.4 Å². The number of nitrogens with zero attached hydrogens (tertiary/aromatic N) is 1. The summed E-state index contributed by atoms with van der Waals surface area (Å²) in [6.07, 6.45) is 4.09. The molecule has 0 aromatic heterocycles. The van der Waals surface area contributed by atoms with Gasteiger partial charge in [0.2, 0.25) is 0 Å². The predicted octanol–water partition coefficient (Wildman–Crippen LogP) is 1.06. The van der Waals surface area contributed by atoms with Crippen LogP contribution in [0, 0.1) is 5.92 Å². The zero-order valence-corrected chi connectivity index (χ0v) is 10.8. The van der Waals surface area contributed by atoms with Gasteiger partial charge in [-0.25, -0.2) is 0 Å². The van der Waals surface area contributed by atoms with Gasteiger partial charge in [0.05, 0.1) is 0 Å². The molecule has 0 radical (unpaired) electrons. The Kier molecular flexibility index (Phi) is 4.62. The summed E-state index contributed by atoms with van der Waals surface area (Å²) in [5.74, 6) is 0.879. The molecule has 2 fully saturated rings. The summed E-state index contributed by atoms with van der Waals surface area (Å²) in [4.78, 5) is 2.60. The smallest absolute Gasteiger partial charge is 0.0192 e. The molecule has 0 spiro atoms. The molecular formula is C13H27N3. The molecule has 0 amide bonds. The summed E-state index contributed by atoms with van der Waals surface area (Å²) in [5.41, 5.74) is 0. The molecular weight excluding hydrogens is 198 g/mol. The van der Waals surface area contributed by atoms with Gasteiger partial charge in [-0.2, -0.15) is 0 Å². The number of likely N-dealkylation sites (tertiary alicyclic amines) is 1. The van der Waals surface area contributed by atoms with Crippen LogP contribution in [-0.4, -0.2) is 49.7 Å². The van der Waals surface area contributed by atoms with E-state index in [0.29, 0.717) is 0 Å². The summed E-state index contributed by atoms with van der Waals surface area (Å²) in [6.45, 7) is 10.8. The van der Waals surface area contributed by atoms with Crippen LogP contribution in [0.15, 0.2) is 0 Å². The molecule has 2 aliphatic rings. The fraction of sp³-hybridized carbons (Fsp3) is 1.00. The molecule has 2 rings (SSSR count).